The Morgan fingerprint density at radius 1 is 1.47 bits per heavy atom. The van der Waals surface area contributed by atoms with E-state index in [4.69, 9.17) is 5.73 Å². The van der Waals surface area contributed by atoms with Gasteiger partial charge in [0, 0.05) is 11.9 Å². The van der Waals surface area contributed by atoms with Gasteiger partial charge in [-0.15, -0.1) is 0 Å². The van der Waals surface area contributed by atoms with Crippen molar-refractivity contribution in [2.75, 3.05) is 12.3 Å². The number of nitrogens with one attached hydrogen (secondary N) is 1. The summed E-state index contributed by atoms with van der Waals surface area (Å²) in [5, 5.41) is 2.20. The molecule has 1 aliphatic heterocycles. The molecule has 0 bridgehead atoms. The molecule has 7 nitrogen and oxygen atoms in total. The molecule has 0 aliphatic carbocycles. The predicted octanol–water partition coefficient (Wildman–Crippen LogP) is -0.459. The number of imide groups is 1. The highest BCUT2D eigenvalue weighted by atomic mass is 16.2. The predicted molar refractivity (Wildman–Crippen MR) is 66.9 cm³/mol. The average Bonchev–Trinajstić information content (AvgIpc) is 2.33. The monoisotopic (exact) mass is 262 g/mol. The minimum atomic E-state index is -1.11. The Morgan fingerprint density at radius 2 is 2.16 bits per heavy atom. The van der Waals surface area contributed by atoms with Gasteiger partial charge in [0.05, 0.1) is 0 Å². The third kappa shape index (κ3) is 2.26. The maximum Gasteiger partial charge on any atom is 0.273 e. The number of nitrogens with zero attached hydrogens (tertiary/aromatic N) is 2. The van der Waals surface area contributed by atoms with Crippen LogP contribution in [0.3, 0.4) is 0 Å². The third-order valence-corrected chi connectivity index (χ3v) is 3.03. The Morgan fingerprint density at radius 3 is 2.79 bits per heavy atom. The highest BCUT2D eigenvalue weighted by Crippen LogP contribution is 2.20. The maximum atomic E-state index is 12.3. The lowest BCUT2D eigenvalue weighted by Gasteiger charge is -2.39. The molecule has 0 radical (unpaired) electrons. The van der Waals surface area contributed by atoms with Crippen LogP contribution in [0.25, 0.3) is 0 Å². The summed E-state index contributed by atoms with van der Waals surface area (Å²) in [6, 6.07) is 2.96. The summed E-state index contributed by atoms with van der Waals surface area (Å²) in [5.41, 5.74) is 4.98. The van der Waals surface area contributed by atoms with Gasteiger partial charge in [-0.1, -0.05) is 0 Å². The van der Waals surface area contributed by atoms with Crippen LogP contribution < -0.4 is 11.1 Å². The Balaban J connectivity index is 2.36. The van der Waals surface area contributed by atoms with E-state index in [-0.39, 0.29) is 12.2 Å². The van der Waals surface area contributed by atoms with Crippen LogP contribution in [0.1, 0.15) is 24.3 Å². The number of aromatic nitrogens is 1. The molecule has 2 heterocycles. The summed E-state index contributed by atoms with van der Waals surface area (Å²) in [5.74, 6) is -1.52. The molecule has 0 atom stereocenters. The molecule has 3 amide bonds. The second-order valence-electron chi connectivity index (χ2n) is 4.80. The smallest absolute Gasteiger partial charge is 0.273 e. The van der Waals surface area contributed by atoms with Crippen LogP contribution in [0.5, 0.6) is 0 Å². The molecule has 1 aromatic rings. The number of pyridine rings is 1. The Kier molecular flexibility index (Phi) is 2.97. The molecule has 1 aromatic heterocycles. The van der Waals surface area contributed by atoms with Crippen LogP contribution in [0, 0.1) is 0 Å². The number of carbonyl (C=O) groups is 3. The first kappa shape index (κ1) is 13.0. The molecule has 0 unspecified atom stereocenters. The van der Waals surface area contributed by atoms with Crippen molar-refractivity contribution in [3.05, 3.63) is 24.0 Å². The molecule has 3 N–H and O–H groups in total. The minimum absolute atomic E-state index is 0.107. The van der Waals surface area contributed by atoms with Crippen LogP contribution in [0.15, 0.2) is 18.3 Å². The van der Waals surface area contributed by atoms with Gasteiger partial charge in [0.15, 0.2) is 0 Å². The standard InChI is InChI=1S/C12H14N4O3/c1-12(2)11(19)15-9(17)6-16(12)10(18)8-5-7(13)3-4-14-8/h3-5H,6H2,1-2H3,(H2,13,14)(H,15,17,19). The fraction of sp³-hybridized carbons (Fsp3) is 0.333. The first-order chi connectivity index (χ1) is 8.82. The van der Waals surface area contributed by atoms with E-state index in [1.165, 1.54) is 17.2 Å². The number of nitrogen functional groups attached to an aromatic ring is 1. The van der Waals surface area contributed by atoms with Crippen molar-refractivity contribution >= 4 is 23.4 Å². The van der Waals surface area contributed by atoms with E-state index in [1.54, 1.807) is 19.9 Å². The van der Waals surface area contributed by atoms with E-state index in [9.17, 15) is 14.4 Å². The van der Waals surface area contributed by atoms with Crippen molar-refractivity contribution in [1.29, 1.82) is 0 Å². The van der Waals surface area contributed by atoms with Gasteiger partial charge in [-0.05, 0) is 26.0 Å². The second-order valence-corrected chi connectivity index (χ2v) is 4.80. The zero-order valence-corrected chi connectivity index (χ0v) is 10.6. The second kappa shape index (κ2) is 4.34. The zero-order valence-electron chi connectivity index (χ0n) is 10.6. The highest BCUT2D eigenvalue weighted by Gasteiger charge is 2.44. The molecule has 7 heteroatoms. The van der Waals surface area contributed by atoms with Crippen LogP contribution in [0.2, 0.25) is 0 Å². The van der Waals surface area contributed by atoms with Crippen molar-refractivity contribution < 1.29 is 14.4 Å². The zero-order chi connectivity index (χ0) is 14.2. The van der Waals surface area contributed by atoms with Crippen LogP contribution in [-0.4, -0.2) is 39.7 Å². The van der Waals surface area contributed by atoms with E-state index in [1.807, 2.05) is 0 Å². The van der Waals surface area contributed by atoms with Crippen LogP contribution in [0.4, 0.5) is 5.69 Å². The largest absolute Gasteiger partial charge is 0.399 e. The summed E-state index contributed by atoms with van der Waals surface area (Å²) >= 11 is 0. The molecule has 2 rings (SSSR count). The molecular weight excluding hydrogens is 248 g/mol. The fourth-order valence-electron chi connectivity index (χ4n) is 1.81. The van der Waals surface area contributed by atoms with E-state index >= 15 is 0 Å². The molecule has 0 spiro atoms. The van der Waals surface area contributed by atoms with Crippen molar-refractivity contribution in [3.8, 4) is 0 Å². The lowest BCUT2D eigenvalue weighted by Crippen LogP contribution is -2.65. The van der Waals surface area contributed by atoms with E-state index in [0.29, 0.717) is 5.69 Å². The van der Waals surface area contributed by atoms with Crippen molar-refractivity contribution in [3.63, 3.8) is 0 Å². The molecule has 0 saturated carbocycles. The number of amides is 3. The summed E-state index contributed by atoms with van der Waals surface area (Å²) in [6.45, 7) is 2.95. The quantitative estimate of drug-likeness (QED) is 0.666. The van der Waals surface area contributed by atoms with Gasteiger partial charge in [-0.25, -0.2) is 0 Å². The lowest BCUT2D eigenvalue weighted by atomic mass is 9.98. The van der Waals surface area contributed by atoms with E-state index in [2.05, 4.69) is 10.3 Å². The molecule has 100 valence electrons. The average molecular weight is 262 g/mol. The van der Waals surface area contributed by atoms with Gasteiger partial charge in [-0.3, -0.25) is 24.7 Å². The van der Waals surface area contributed by atoms with Gasteiger partial charge < -0.3 is 10.6 Å². The fourth-order valence-corrected chi connectivity index (χ4v) is 1.81. The number of hydrogen-bond acceptors (Lipinski definition) is 5. The lowest BCUT2D eigenvalue weighted by molar-refractivity contribution is -0.143. The van der Waals surface area contributed by atoms with Crippen LogP contribution >= 0.6 is 0 Å². The Hall–Kier alpha value is -2.44. The number of piperazine rings is 1. The molecule has 1 aliphatic rings. The van der Waals surface area contributed by atoms with E-state index < -0.39 is 23.3 Å². The van der Waals surface area contributed by atoms with Crippen molar-refractivity contribution in [2.24, 2.45) is 0 Å². The number of anilines is 1. The first-order valence-electron chi connectivity index (χ1n) is 5.70. The van der Waals surface area contributed by atoms with Crippen molar-refractivity contribution in [2.45, 2.75) is 19.4 Å². The van der Waals surface area contributed by atoms with Gasteiger partial charge >= 0.3 is 0 Å². The SMILES string of the molecule is CC1(C)C(=O)NC(=O)CN1C(=O)c1cc(N)ccn1. The minimum Gasteiger partial charge on any atom is -0.399 e. The normalized spacial score (nSPS) is 18.1. The topological polar surface area (TPSA) is 105 Å². The van der Waals surface area contributed by atoms with Gasteiger partial charge in [-0.2, -0.15) is 0 Å². The summed E-state index contributed by atoms with van der Waals surface area (Å²) in [4.78, 5) is 40.6. The maximum absolute atomic E-state index is 12.3. The highest BCUT2D eigenvalue weighted by molar-refractivity contribution is 6.08. The summed E-state index contributed by atoms with van der Waals surface area (Å²) < 4.78 is 0. The van der Waals surface area contributed by atoms with Gasteiger partial charge in [0.2, 0.25) is 5.91 Å². The Labute approximate surface area is 109 Å². The number of nitrogens with two attached hydrogens (primary N) is 1. The molecule has 1 fully saturated rings. The Bertz CT molecular complexity index is 568. The summed E-state index contributed by atoms with van der Waals surface area (Å²) in [6.07, 6.45) is 1.40. The number of carbonyl (C=O) groups excluding carboxylic acids is 3. The molecule has 1 saturated heterocycles. The number of hydrogen-bond donors (Lipinski definition) is 2. The van der Waals surface area contributed by atoms with Gasteiger partial charge in [0.25, 0.3) is 11.8 Å². The van der Waals surface area contributed by atoms with Crippen LogP contribution in [-0.2, 0) is 9.59 Å². The molecule has 0 aromatic carbocycles. The van der Waals surface area contributed by atoms with Gasteiger partial charge in [0.1, 0.15) is 17.8 Å². The van der Waals surface area contributed by atoms with Crippen molar-refractivity contribution in [1.82, 2.24) is 15.2 Å². The number of rotatable bonds is 1. The molecular formula is C12H14N4O3. The summed E-state index contributed by atoms with van der Waals surface area (Å²) in [7, 11) is 0. The third-order valence-electron chi connectivity index (χ3n) is 3.03. The van der Waals surface area contributed by atoms with E-state index in [0.717, 1.165) is 0 Å². The first-order valence-corrected chi connectivity index (χ1v) is 5.70. The molecule has 19 heavy (non-hydrogen) atoms.